The Morgan fingerprint density at radius 1 is 0.571 bits per heavy atom. The molecule has 0 aromatic rings. The molecule has 0 aliphatic heterocycles. The molecule has 0 spiro atoms. The van der Waals surface area contributed by atoms with Gasteiger partial charge in [-0.1, -0.05) is 79.1 Å². The van der Waals surface area contributed by atoms with Gasteiger partial charge >= 0.3 is 8.56 Å². The smallest absolute Gasteiger partial charge is 0.337 e. The largest absolute Gasteiger partial charge is 0.394 e. The van der Waals surface area contributed by atoms with Crippen LogP contribution in [-0.4, -0.2) is 21.8 Å². The molecular weight excluding hydrogens is 276 g/mol. The van der Waals surface area contributed by atoms with Crippen molar-refractivity contribution in [2.24, 2.45) is 0 Å². The van der Waals surface area contributed by atoms with E-state index in [2.05, 4.69) is 27.7 Å². The Hall–Kier alpha value is 0.137. The molecule has 0 aromatic carbocycles. The first-order valence-electron chi connectivity index (χ1n) is 9.52. The first kappa shape index (κ1) is 21.1. The second kappa shape index (κ2) is 15.0. The van der Waals surface area contributed by atoms with Crippen LogP contribution in [0.3, 0.4) is 0 Å². The van der Waals surface area contributed by atoms with Gasteiger partial charge in [-0.2, -0.15) is 0 Å². The number of hydrogen-bond acceptors (Lipinski definition) is 2. The van der Waals surface area contributed by atoms with Gasteiger partial charge in [-0.3, -0.25) is 0 Å². The highest BCUT2D eigenvalue weighted by Crippen LogP contribution is 2.24. The number of unbranched alkanes of at least 4 members (excludes halogenated alkanes) is 7. The predicted molar refractivity (Wildman–Crippen MR) is 96.1 cm³/mol. The molecule has 0 heterocycles. The van der Waals surface area contributed by atoms with Gasteiger partial charge in [0, 0.05) is 13.2 Å². The Bertz CT molecular complexity index is 199. The van der Waals surface area contributed by atoms with Gasteiger partial charge in [-0.25, -0.2) is 0 Å². The highest BCUT2D eigenvalue weighted by molar-refractivity contribution is 6.67. The van der Waals surface area contributed by atoms with E-state index in [0.717, 1.165) is 19.3 Å². The Morgan fingerprint density at radius 2 is 1.05 bits per heavy atom. The topological polar surface area (TPSA) is 18.5 Å². The molecule has 0 aliphatic rings. The standard InChI is InChI=1S/C18H40O2Si/c1-5-9-12-13-14-15-18-21(8-4,19-16-10-6-2)20-17-11-7-3/h5-18H2,1-4H3. The van der Waals surface area contributed by atoms with E-state index in [-0.39, 0.29) is 0 Å². The summed E-state index contributed by atoms with van der Waals surface area (Å²) in [6.07, 6.45) is 12.9. The fourth-order valence-electron chi connectivity index (χ4n) is 2.55. The molecule has 0 bridgehead atoms. The summed E-state index contributed by atoms with van der Waals surface area (Å²) in [5.41, 5.74) is 0. The van der Waals surface area contributed by atoms with Crippen LogP contribution in [0.5, 0.6) is 0 Å². The highest BCUT2D eigenvalue weighted by Gasteiger charge is 2.34. The summed E-state index contributed by atoms with van der Waals surface area (Å²) < 4.78 is 12.6. The molecule has 0 aliphatic carbocycles. The van der Waals surface area contributed by atoms with Crippen molar-refractivity contribution >= 4 is 8.56 Å². The third-order valence-corrected chi connectivity index (χ3v) is 7.83. The maximum Gasteiger partial charge on any atom is 0.337 e. The first-order chi connectivity index (χ1) is 10.2. The number of hydrogen-bond donors (Lipinski definition) is 0. The quantitative estimate of drug-likeness (QED) is 0.241. The van der Waals surface area contributed by atoms with Crippen LogP contribution in [0.25, 0.3) is 0 Å². The predicted octanol–water partition coefficient (Wildman–Crippen LogP) is 6.44. The van der Waals surface area contributed by atoms with E-state index >= 15 is 0 Å². The lowest BCUT2D eigenvalue weighted by atomic mass is 10.1. The molecule has 21 heavy (non-hydrogen) atoms. The summed E-state index contributed by atoms with van der Waals surface area (Å²) in [7, 11) is -1.91. The second-order valence-electron chi connectivity index (χ2n) is 6.19. The van der Waals surface area contributed by atoms with E-state index in [1.165, 1.54) is 70.3 Å². The minimum absolute atomic E-state index is 0.901. The van der Waals surface area contributed by atoms with Crippen molar-refractivity contribution < 1.29 is 8.85 Å². The Morgan fingerprint density at radius 3 is 1.52 bits per heavy atom. The molecule has 0 fully saturated rings. The van der Waals surface area contributed by atoms with Crippen LogP contribution in [0.15, 0.2) is 0 Å². The summed E-state index contributed by atoms with van der Waals surface area (Å²) in [4.78, 5) is 0. The van der Waals surface area contributed by atoms with Crippen molar-refractivity contribution in [2.75, 3.05) is 13.2 Å². The van der Waals surface area contributed by atoms with Crippen LogP contribution >= 0.6 is 0 Å². The summed E-state index contributed by atoms with van der Waals surface area (Å²) in [5, 5.41) is 0. The first-order valence-corrected chi connectivity index (χ1v) is 11.8. The van der Waals surface area contributed by atoms with E-state index in [9.17, 15) is 0 Å². The second-order valence-corrected chi connectivity index (χ2v) is 9.79. The lowest BCUT2D eigenvalue weighted by molar-refractivity contribution is 0.163. The minimum atomic E-state index is -1.91. The van der Waals surface area contributed by atoms with E-state index < -0.39 is 8.56 Å². The lowest BCUT2D eigenvalue weighted by Crippen LogP contribution is -2.42. The number of rotatable bonds is 16. The molecule has 2 nitrogen and oxygen atoms in total. The third kappa shape index (κ3) is 11.4. The van der Waals surface area contributed by atoms with Gasteiger partial charge in [-0.15, -0.1) is 0 Å². The molecule has 128 valence electrons. The summed E-state index contributed by atoms with van der Waals surface area (Å²) in [6.45, 7) is 10.8. The zero-order valence-corrected chi connectivity index (χ0v) is 16.2. The Balaban J connectivity index is 4.12. The van der Waals surface area contributed by atoms with Gasteiger partial charge in [0.25, 0.3) is 0 Å². The van der Waals surface area contributed by atoms with Gasteiger partial charge in [0.1, 0.15) is 0 Å². The minimum Gasteiger partial charge on any atom is -0.394 e. The summed E-state index contributed by atoms with van der Waals surface area (Å²) in [5.74, 6) is 0. The summed E-state index contributed by atoms with van der Waals surface area (Å²) >= 11 is 0. The molecule has 0 unspecified atom stereocenters. The highest BCUT2D eigenvalue weighted by atomic mass is 28.4. The average Bonchev–Trinajstić information content (AvgIpc) is 2.50. The van der Waals surface area contributed by atoms with E-state index in [0.29, 0.717) is 0 Å². The molecule has 0 aromatic heterocycles. The van der Waals surface area contributed by atoms with Crippen LogP contribution < -0.4 is 0 Å². The lowest BCUT2D eigenvalue weighted by Gasteiger charge is -2.30. The van der Waals surface area contributed by atoms with E-state index in [1.807, 2.05) is 0 Å². The van der Waals surface area contributed by atoms with Crippen LogP contribution in [0.1, 0.15) is 91.9 Å². The van der Waals surface area contributed by atoms with Crippen molar-refractivity contribution in [1.29, 1.82) is 0 Å². The third-order valence-electron chi connectivity index (χ3n) is 4.18. The molecule has 0 amide bonds. The molecule has 3 heteroatoms. The van der Waals surface area contributed by atoms with Gasteiger partial charge in [0.05, 0.1) is 0 Å². The Labute approximate surface area is 135 Å². The average molecular weight is 317 g/mol. The zero-order valence-electron chi connectivity index (χ0n) is 15.2. The van der Waals surface area contributed by atoms with Crippen LogP contribution in [0.2, 0.25) is 12.1 Å². The van der Waals surface area contributed by atoms with Gasteiger partial charge < -0.3 is 8.85 Å². The van der Waals surface area contributed by atoms with Gasteiger partial charge in [-0.05, 0) is 24.9 Å². The molecule has 0 radical (unpaired) electrons. The monoisotopic (exact) mass is 316 g/mol. The molecular formula is C18H40O2Si. The maximum atomic E-state index is 6.31. The van der Waals surface area contributed by atoms with Crippen LogP contribution in [0, 0.1) is 0 Å². The van der Waals surface area contributed by atoms with Gasteiger partial charge in [0.15, 0.2) is 0 Å². The molecule has 0 N–H and O–H groups in total. The fraction of sp³-hybridized carbons (Fsp3) is 1.00. The van der Waals surface area contributed by atoms with Crippen molar-refractivity contribution in [1.82, 2.24) is 0 Å². The molecule has 0 rings (SSSR count). The van der Waals surface area contributed by atoms with E-state index in [1.54, 1.807) is 0 Å². The zero-order chi connectivity index (χ0) is 15.8. The Kier molecular flexibility index (Phi) is 15.1. The molecule has 0 saturated heterocycles. The van der Waals surface area contributed by atoms with Crippen LogP contribution in [-0.2, 0) is 8.85 Å². The molecule has 0 atom stereocenters. The molecule has 0 saturated carbocycles. The van der Waals surface area contributed by atoms with Crippen molar-refractivity contribution in [3.05, 3.63) is 0 Å². The fourth-order valence-corrected chi connectivity index (χ4v) is 5.50. The SMILES string of the molecule is CCCCCCCC[Si](CC)(OCCCC)OCCCC. The van der Waals surface area contributed by atoms with Crippen molar-refractivity contribution in [3.8, 4) is 0 Å². The summed E-state index contributed by atoms with van der Waals surface area (Å²) in [6, 6.07) is 2.30. The van der Waals surface area contributed by atoms with Gasteiger partial charge in [0.2, 0.25) is 0 Å². The van der Waals surface area contributed by atoms with Crippen molar-refractivity contribution in [2.45, 2.75) is 104 Å². The van der Waals surface area contributed by atoms with Crippen molar-refractivity contribution in [3.63, 3.8) is 0 Å². The van der Waals surface area contributed by atoms with Crippen LogP contribution in [0.4, 0.5) is 0 Å². The van der Waals surface area contributed by atoms with E-state index in [4.69, 9.17) is 8.85 Å². The maximum absolute atomic E-state index is 6.31. The normalized spacial score (nSPS) is 12.0.